The monoisotopic (exact) mass is 227 g/mol. The predicted molar refractivity (Wildman–Crippen MR) is 74.3 cm³/mol. The van der Waals surface area contributed by atoms with Gasteiger partial charge in [-0.2, -0.15) is 0 Å². The standard InChI is InChI=1S/C13H29NSi/c1-6-9-12(13(15)10-7-2)14(8-3)11(4)5/h11H,6-10H2,1-5,15H3. The topological polar surface area (TPSA) is 3.24 Å². The number of rotatable bonds is 7. The number of hydrogen-bond acceptors (Lipinski definition) is 1. The van der Waals surface area contributed by atoms with Crippen molar-refractivity contribution >= 4 is 10.2 Å². The van der Waals surface area contributed by atoms with Crippen LogP contribution in [0.15, 0.2) is 10.9 Å². The van der Waals surface area contributed by atoms with Gasteiger partial charge in [0.25, 0.3) is 0 Å². The van der Waals surface area contributed by atoms with Crippen LogP contribution in [0, 0.1) is 0 Å². The van der Waals surface area contributed by atoms with Crippen molar-refractivity contribution in [2.75, 3.05) is 6.54 Å². The van der Waals surface area contributed by atoms with E-state index in [1.54, 1.807) is 10.9 Å². The molecular formula is C13H29NSi. The highest BCUT2D eigenvalue weighted by Gasteiger charge is 2.12. The molecule has 0 aromatic heterocycles. The van der Waals surface area contributed by atoms with Gasteiger partial charge in [0.1, 0.15) is 0 Å². The van der Waals surface area contributed by atoms with E-state index in [2.05, 4.69) is 39.5 Å². The maximum absolute atomic E-state index is 2.58. The molecule has 0 fully saturated rings. The zero-order chi connectivity index (χ0) is 11.8. The van der Waals surface area contributed by atoms with Gasteiger partial charge in [-0.1, -0.05) is 31.9 Å². The molecule has 0 saturated carbocycles. The van der Waals surface area contributed by atoms with Gasteiger partial charge in [-0.25, -0.2) is 0 Å². The quantitative estimate of drug-likeness (QED) is 0.605. The van der Waals surface area contributed by atoms with Crippen molar-refractivity contribution in [3.05, 3.63) is 10.9 Å². The van der Waals surface area contributed by atoms with Crippen molar-refractivity contribution < 1.29 is 0 Å². The number of allylic oxidation sites excluding steroid dienone is 2. The summed E-state index contributed by atoms with van der Waals surface area (Å²) in [6, 6.07) is 0.650. The Bertz CT molecular complexity index is 197. The third kappa shape index (κ3) is 4.87. The lowest BCUT2D eigenvalue weighted by atomic mass is 10.1. The molecule has 0 N–H and O–H groups in total. The van der Waals surface area contributed by atoms with Gasteiger partial charge < -0.3 is 4.90 Å². The second-order valence-electron chi connectivity index (χ2n) is 4.61. The molecule has 0 unspecified atom stereocenters. The lowest BCUT2D eigenvalue weighted by Crippen LogP contribution is -2.31. The van der Waals surface area contributed by atoms with Crippen LogP contribution < -0.4 is 0 Å². The van der Waals surface area contributed by atoms with Gasteiger partial charge in [-0.05, 0) is 33.6 Å². The fourth-order valence-electron chi connectivity index (χ4n) is 2.23. The molecule has 2 heteroatoms. The Balaban J connectivity index is 4.82. The van der Waals surface area contributed by atoms with Gasteiger partial charge in [0.2, 0.25) is 0 Å². The van der Waals surface area contributed by atoms with Crippen molar-refractivity contribution in [2.45, 2.75) is 66.3 Å². The van der Waals surface area contributed by atoms with Crippen LogP contribution in [0.25, 0.3) is 0 Å². The predicted octanol–water partition coefficient (Wildman–Crippen LogP) is 2.89. The SMILES string of the molecule is CCCC([SiH3])=C(CCC)N(CC)C(C)C. The van der Waals surface area contributed by atoms with Gasteiger partial charge in [0, 0.05) is 28.5 Å². The molecule has 0 aliphatic heterocycles. The smallest absolute Gasteiger partial charge is 0.0355 e. The molecule has 0 radical (unpaired) electrons. The molecule has 0 aliphatic rings. The molecule has 0 aromatic rings. The van der Waals surface area contributed by atoms with Crippen molar-refractivity contribution in [2.24, 2.45) is 0 Å². The maximum atomic E-state index is 2.58. The first-order chi connectivity index (χ1) is 7.08. The Morgan fingerprint density at radius 3 is 1.93 bits per heavy atom. The summed E-state index contributed by atoms with van der Waals surface area (Å²) in [4.78, 5) is 2.58. The summed E-state index contributed by atoms with van der Waals surface area (Å²) < 4.78 is 0. The van der Waals surface area contributed by atoms with Crippen LogP contribution in [0.2, 0.25) is 0 Å². The van der Waals surface area contributed by atoms with Gasteiger partial charge in [0.05, 0.1) is 0 Å². The molecule has 0 atom stereocenters. The molecule has 0 aliphatic carbocycles. The first kappa shape index (κ1) is 14.8. The molecule has 0 saturated heterocycles. The molecule has 0 spiro atoms. The van der Waals surface area contributed by atoms with Crippen molar-refractivity contribution in [3.63, 3.8) is 0 Å². The summed E-state index contributed by atoms with van der Waals surface area (Å²) in [5, 5.41) is 1.73. The fraction of sp³-hybridized carbons (Fsp3) is 0.846. The van der Waals surface area contributed by atoms with E-state index >= 15 is 0 Å². The van der Waals surface area contributed by atoms with E-state index < -0.39 is 0 Å². The van der Waals surface area contributed by atoms with Gasteiger partial charge in [-0.15, -0.1) is 0 Å². The zero-order valence-electron chi connectivity index (χ0n) is 11.6. The molecule has 0 aromatic carbocycles. The fourth-order valence-corrected chi connectivity index (χ4v) is 3.26. The molecule has 0 bridgehead atoms. The molecule has 1 nitrogen and oxygen atoms in total. The van der Waals surface area contributed by atoms with E-state index in [0.717, 1.165) is 6.54 Å². The maximum Gasteiger partial charge on any atom is 0.0355 e. The van der Waals surface area contributed by atoms with Crippen LogP contribution in [-0.2, 0) is 0 Å². The highest BCUT2D eigenvalue weighted by Crippen LogP contribution is 2.20. The largest absolute Gasteiger partial charge is 0.373 e. The Morgan fingerprint density at radius 2 is 1.60 bits per heavy atom. The van der Waals surface area contributed by atoms with Crippen LogP contribution in [0.5, 0.6) is 0 Å². The minimum absolute atomic E-state index is 0.650. The van der Waals surface area contributed by atoms with E-state index in [9.17, 15) is 0 Å². The molecule has 0 heterocycles. The van der Waals surface area contributed by atoms with E-state index in [-0.39, 0.29) is 0 Å². The van der Waals surface area contributed by atoms with Crippen LogP contribution in [0.4, 0.5) is 0 Å². The molecule has 90 valence electrons. The van der Waals surface area contributed by atoms with Crippen LogP contribution in [0.3, 0.4) is 0 Å². The lowest BCUT2D eigenvalue weighted by Gasteiger charge is -2.32. The summed E-state index contributed by atoms with van der Waals surface area (Å²) in [6.45, 7) is 12.6. The number of hydrogen-bond donors (Lipinski definition) is 0. The summed E-state index contributed by atoms with van der Waals surface area (Å²) >= 11 is 0. The average molecular weight is 227 g/mol. The Kier molecular flexibility index (Phi) is 7.84. The summed E-state index contributed by atoms with van der Waals surface area (Å²) in [7, 11) is 1.23. The second-order valence-corrected chi connectivity index (χ2v) is 5.81. The van der Waals surface area contributed by atoms with E-state index in [1.807, 2.05) is 0 Å². The highest BCUT2D eigenvalue weighted by molar-refractivity contribution is 6.21. The third-order valence-electron chi connectivity index (χ3n) is 2.92. The minimum atomic E-state index is 0.650. The normalized spacial score (nSPS) is 13.2. The summed E-state index contributed by atoms with van der Waals surface area (Å²) in [5.41, 5.74) is 1.66. The van der Waals surface area contributed by atoms with Crippen molar-refractivity contribution in [3.8, 4) is 0 Å². The zero-order valence-corrected chi connectivity index (χ0v) is 13.6. The first-order valence-electron chi connectivity index (χ1n) is 6.53. The lowest BCUT2D eigenvalue weighted by molar-refractivity contribution is 0.285. The Labute approximate surface area is 99.4 Å². The van der Waals surface area contributed by atoms with Crippen LogP contribution >= 0.6 is 0 Å². The van der Waals surface area contributed by atoms with Gasteiger partial charge >= 0.3 is 0 Å². The summed E-state index contributed by atoms with van der Waals surface area (Å²) in [5.74, 6) is 0. The van der Waals surface area contributed by atoms with E-state index in [1.165, 1.54) is 35.9 Å². The number of nitrogens with zero attached hydrogens (tertiary/aromatic N) is 1. The van der Waals surface area contributed by atoms with Gasteiger partial charge in [0.15, 0.2) is 0 Å². The minimum Gasteiger partial charge on any atom is -0.373 e. The molecule has 0 amide bonds. The molecule has 15 heavy (non-hydrogen) atoms. The average Bonchev–Trinajstić information content (AvgIpc) is 2.17. The van der Waals surface area contributed by atoms with Crippen molar-refractivity contribution in [1.82, 2.24) is 4.90 Å². The van der Waals surface area contributed by atoms with Crippen LogP contribution in [0.1, 0.15) is 60.3 Å². The van der Waals surface area contributed by atoms with E-state index in [4.69, 9.17) is 0 Å². The molecule has 0 rings (SSSR count). The Hall–Kier alpha value is -0.243. The highest BCUT2D eigenvalue weighted by atomic mass is 28.1. The molecular weight excluding hydrogens is 198 g/mol. The summed E-state index contributed by atoms with van der Waals surface area (Å²) in [6.07, 6.45) is 5.14. The second kappa shape index (κ2) is 7.97. The Morgan fingerprint density at radius 1 is 1.07 bits per heavy atom. The first-order valence-corrected chi connectivity index (χ1v) is 7.53. The van der Waals surface area contributed by atoms with Gasteiger partial charge in [-0.3, -0.25) is 0 Å². The van der Waals surface area contributed by atoms with E-state index in [0.29, 0.717) is 6.04 Å². The third-order valence-corrected chi connectivity index (χ3v) is 3.99. The van der Waals surface area contributed by atoms with Crippen molar-refractivity contribution in [1.29, 1.82) is 0 Å². The van der Waals surface area contributed by atoms with Crippen LogP contribution in [-0.4, -0.2) is 27.7 Å².